The maximum absolute atomic E-state index is 12.1. The molecule has 0 radical (unpaired) electrons. The SMILES string of the molecule is C=CCSc1ccccc1NC(=O)c1cnc(C)cn1. The number of amides is 1. The molecule has 1 amide bonds. The lowest BCUT2D eigenvalue weighted by atomic mass is 10.3. The van der Waals surface area contributed by atoms with Crippen LogP contribution in [-0.4, -0.2) is 21.6 Å². The lowest BCUT2D eigenvalue weighted by Crippen LogP contribution is -2.14. The Balaban J connectivity index is 2.15. The zero-order valence-corrected chi connectivity index (χ0v) is 12.0. The van der Waals surface area contributed by atoms with E-state index in [-0.39, 0.29) is 5.91 Å². The molecule has 0 saturated heterocycles. The van der Waals surface area contributed by atoms with Crippen molar-refractivity contribution in [2.45, 2.75) is 11.8 Å². The second-order valence-corrected chi connectivity index (χ2v) is 5.15. The summed E-state index contributed by atoms with van der Waals surface area (Å²) >= 11 is 1.62. The van der Waals surface area contributed by atoms with Gasteiger partial charge >= 0.3 is 0 Å². The zero-order chi connectivity index (χ0) is 14.4. The molecule has 1 aromatic carbocycles. The first-order chi connectivity index (χ1) is 9.70. The van der Waals surface area contributed by atoms with Crippen molar-refractivity contribution >= 4 is 23.4 Å². The van der Waals surface area contributed by atoms with E-state index in [9.17, 15) is 4.79 Å². The number of aryl methyl sites for hydroxylation is 1. The highest BCUT2D eigenvalue weighted by Gasteiger charge is 2.10. The predicted octanol–water partition coefficient (Wildman–Crippen LogP) is 3.32. The van der Waals surface area contributed by atoms with Gasteiger partial charge in [0.25, 0.3) is 5.91 Å². The van der Waals surface area contributed by atoms with Crippen molar-refractivity contribution in [2.24, 2.45) is 0 Å². The predicted molar refractivity (Wildman–Crippen MR) is 82.1 cm³/mol. The van der Waals surface area contributed by atoms with Gasteiger partial charge < -0.3 is 5.32 Å². The Hall–Kier alpha value is -2.14. The van der Waals surface area contributed by atoms with Crippen molar-refractivity contribution in [2.75, 3.05) is 11.1 Å². The van der Waals surface area contributed by atoms with E-state index in [4.69, 9.17) is 0 Å². The molecule has 0 bridgehead atoms. The molecule has 2 aromatic rings. The van der Waals surface area contributed by atoms with Gasteiger partial charge in [0.15, 0.2) is 0 Å². The molecule has 20 heavy (non-hydrogen) atoms. The van der Waals surface area contributed by atoms with Gasteiger partial charge in [0.1, 0.15) is 5.69 Å². The molecular weight excluding hydrogens is 270 g/mol. The topological polar surface area (TPSA) is 54.9 Å². The molecule has 1 aromatic heterocycles. The number of nitrogens with zero attached hydrogens (tertiary/aromatic N) is 2. The highest BCUT2D eigenvalue weighted by Crippen LogP contribution is 2.27. The van der Waals surface area contributed by atoms with Crippen LogP contribution >= 0.6 is 11.8 Å². The molecule has 102 valence electrons. The molecule has 0 saturated carbocycles. The van der Waals surface area contributed by atoms with Gasteiger partial charge in [0.05, 0.1) is 17.6 Å². The van der Waals surface area contributed by atoms with E-state index < -0.39 is 0 Å². The van der Waals surface area contributed by atoms with Crippen LogP contribution in [0.25, 0.3) is 0 Å². The Labute approximate surface area is 122 Å². The van der Waals surface area contributed by atoms with Gasteiger partial charge in [-0.15, -0.1) is 18.3 Å². The Kier molecular flexibility index (Phi) is 4.90. The highest BCUT2D eigenvalue weighted by molar-refractivity contribution is 7.99. The monoisotopic (exact) mass is 285 g/mol. The summed E-state index contributed by atoms with van der Waals surface area (Å²) in [5.74, 6) is 0.529. The van der Waals surface area contributed by atoms with Crippen LogP contribution in [0.1, 0.15) is 16.2 Å². The standard InChI is InChI=1S/C15H15N3OS/c1-3-8-20-14-7-5-4-6-12(14)18-15(19)13-10-16-11(2)9-17-13/h3-7,9-10H,1,8H2,2H3,(H,18,19). The number of hydrogen-bond acceptors (Lipinski definition) is 4. The maximum atomic E-state index is 12.1. The number of carbonyl (C=O) groups is 1. The summed E-state index contributed by atoms with van der Waals surface area (Å²) in [6.45, 7) is 5.53. The van der Waals surface area contributed by atoms with Gasteiger partial charge in [0, 0.05) is 16.8 Å². The third-order valence-corrected chi connectivity index (χ3v) is 3.57. The van der Waals surface area contributed by atoms with Gasteiger partial charge in [-0.2, -0.15) is 0 Å². The fourth-order valence-electron chi connectivity index (χ4n) is 1.54. The summed E-state index contributed by atoms with van der Waals surface area (Å²) in [5.41, 5.74) is 1.86. The Bertz CT molecular complexity index is 611. The lowest BCUT2D eigenvalue weighted by molar-refractivity contribution is 0.102. The quantitative estimate of drug-likeness (QED) is 0.676. The molecule has 0 aliphatic heterocycles. The molecule has 2 rings (SSSR count). The van der Waals surface area contributed by atoms with Crippen molar-refractivity contribution in [3.63, 3.8) is 0 Å². The van der Waals surface area contributed by atoms with Crippen molar-refractivity contribution in [1.29, 1.82) is 0 Å². The molecular formula is C15H15N3OS. The van der Waals surface area contributed by atoms with Crippen molar-refractivity contribution in [1.82, 2.24) is 9.97 Å². The second kappa shape index (κ2) is 6.86. The Morgan fingerprint density at radius 1 is 1.35 bits per heavy atom. The van der Waals surface area contributed by atoms with Crippen molar-refractivity contribution in [3.05, 3.63) is 60.7 Å². The first kappa shape index (κ1) is 14.3. The number of hydrogen-bond donors (Lipinski definition) is 1. The number of para-hydroxylation sites is 1. The van der Waals surface area contributed by atoms with Crippen LogP contribution in [0.4, 0.5) is 5.69 Å². The number of aromatic nitrogens is 2. The van der Waals surface area contributed by atoms with Gasteiger partial charge in [-0.05, 0) is 19.1 Å². The minimum atomic E-state index is -0.260. The molecule has 0 unspecified atom stereocenters. The van der Waals surface area contributed by atoms with Crippen LogP contribution in [-0.2, 0) is 0 Å². The van der Waals surface area contributed by atoms with Crippen LogP contribution in [0, 0.1) is 6.92 Å². The second-order valence-electron chi connectivity index (χ2n) is 4.09. The molecule has 0 atom stereocenters. The molecule has 1 N–H and O–H groups in total. The molecule has 1 heterocycles. The number of nitrogens with one attached hydrogen (secondary N) is 1. The lowest BCUT2D eigenvalue weighted by Gasteiger charge is -2.09. The molecule has 0 fully saturated rings. The van der Waals surface area contributed by atoms with E-state index in [0.29, 0.717) is 5.69 Å². The molecule has 0 aliphatic rings. The van der Waals surface area contributed by atoms with Crippen molar-refractivity contribution < 1.29 is 4.79 Å². The van der Waals surface area contributed by atoms with Gasteiger partial charge in [0.2, 0.25) is 0 Å². The molecule has 0 spiro atoms. The fraction of sp³-hybridized carbons (Fsp3) is 0.133. The number of rotatable bonds is 5. The summed E-state index contributed by atoms with van der Waals surface area (Å²) < 4.78 is 0. The minimum Gasteiger partial charge on any atom is -0.320 e. The van der Waals surface area contributed by atoms with Crippen LogP contribution in [0.2, 0.25) is 0 Å². The number of carbonyl (C=O) groups excluding carboxylic acids is 1. The highest BCUT2D eigenvalue weighted by atomic mass is 32.2. The van der Waals surface area contributed by atoms with Crippen LogP contribution < -0.4 is 5.32 Å². The van der Waals surface area contributed by atoms with Gasteiger partial charge in [-0.1, -0.05) is 18.2 Å². The number of thioether (sulfide) groups is 1. The average Bonchev–Trinajstić information content (AvgIpc) is 2.47. The average molecular weight is 285 g/mol. The first-order valence-electron chi connectivity index (χ1n) is 6.13. The minimum absolute atomic E-state index is 0.260. The Morgan fingerprint density at radius 2 is 2.15 bits per heavy atom. The largest absolute Gasteiger partial charge is 0.320 e. The van der Waals surface area contributed by atoms with E-state index >= 15 is 0 Å². The summed E-state index contributed by atoms with van der Waals surface area (Å²) in [6.07, 6.45) is 4.88. The summed E-state index contributed by atoms with van der Waals surface area (Å²) in [7, 11) is 0. The Morgan fingerprint density at radius 3 is 2.85 bits per heavy atom. The summed E-state index contributed by atoms with van der Waals surface area (Å²) in [6, 6.07) is 7.65. The summed E-state index contributed by atoms with van der Waals surface area (Å²) in [5, 5.41) is 2.86. The van der Waals surface area contributed by atoms with E-state index in [1.165, 1.54) is 6.20 Å². The fourth-order valence-corrected chi connectivity index (χ4v) is 2.29. The maximum Gasteiger partial charge on any atom is 0.275 e. The third-order valence-electron chi connectivity index (χ3n) is 2.51. The first-order valence-corrected chi connectivity index (χ1v) is 7.12. The van der Waals surface area contributed by atoms with Crippen LogP contribution in [0.15, 0.2) is 54.2 Å². The number of benzene rings is 1. The van der Waals surface area contributed by atoms with Gasteiger partial charge in [-0.3, -0.25) is 9.78 Å². The molecule has 4 nitrogen and oxygen atoms in total. The smallest absolute Gasteiger partial charge is 0.275 e. The van der Waals surface area contributed by atoms with E-state index in [1.54, 1.807) is 18.0 Å². The van der Waals surface area contributed by atoms with Crippen LogP contribution in [0.5, 0.6) is 0 Å². The van der Waals surface area contributed by atoms with Gasteiger partial charge in [-0.25, -0.2) is 4.98 Å². The van der Waals surface area contributed by atoms with E-state index in [1.807, 2.05) is 37.3 Å². The summed E-state index contributed by atoms with van der Waals surface area (Å²) in [4.78, 5) is 21.2. The normalized spacial score (nSPS) is 10.1. The van der Waals surface area contributed by atoms with Crippen molar-refractivity contribution in [3.8, 4) is 0 Å². The van der Waals surface area contributed by atoms with E-state index in [0.717, 1.165) is 22.0 Å². The zero-order valence-electron chi connectivity index (χ0n) is 11.2. The third kappa shape index (κ3) is 3.68. The molecule has 0 aliphatic carbocycles. The van der Waals surface area contributed by atoms with E-state index in [2.05, 4.69) is 21.9 Å². The number of anilines is 1. The van der Waals surface area contributed by atoms with Crippen LogP contribution in [0.3, 0.4) is 0 Å². The molecule has 5 heteroatoms.